The standard InChI is InChI=1S/BF4.H2NO/c2-1(3,4)5;1-2/h;1H2/q-1;. The van der Waals surface area contributed by atoms with Gasteiger partial charge in [-0.1, -0.05) is 0 Å². The highest BCUT2D eigenvalue weighted by atomic mass is 19.5. The molecule has 0 aliphatic carbocycles. The van der Waals surface area contributed by atoms with Crippen LogP contribution in [0.1, 0.15) is 0 Å². The van der Waals surface area contributed by atoms with Crippen LogP contribution in [0.15, 0.2) is 0 Å². The molecule has 1 radical (unpaired) electrons. The van der Waals surface area contributed by atoms with E-state index < -0.39 is 7.25 Å². The Morgan fingerprint density at radius 2 is 1.00 bits per heavy atom. The number of hydrogen-bond acceptors (Lipinski definition) is 1. The zero-order chi connectivity index (χ0) is 6.50. The lowest BCUT2D eigenvalue weighted by atomic mass is 10.3. The van der Waals surface area contributed by atoms with Crippen molar-refractivity contribution in [3.63, 3.8) is 0 Å². The van der Waals surface area contributed by atoms with E-state index in [4.69, 9.17) is 5.21 Å². The highest BCUT2D eigenvalue weighted by molar-refractivity contribution is 6.50. The van der Waals surface area contributed by atoms with Crippen molar-refractivity contribution in [2.45, 2.75) is 0 Å². The molecule has 0 aliphatic heterocycles. The predicted molar refractivity (Wildman–Crippen MR) is 15.1 cm³/mol. The zero-order valence-electron chi connectivity index (χ0n) is 3.07. The summed E-state index contributed by atoms with van der Waals surface area (Å²) in [6.45, 7) is 0. The van der Waals surface area contributed by atoms with Crippen LogP contribution < -0.4 is 5.90 Å². The summed E-state index contributed by atoms with van der Waals surface area (Å²) in [7, 11) is -6.00. The van der Waals surface area contributed by atoms with Crippen molar-refractivity contribution >= 4 is 7.25 Å². The Morgan fingerprint density at radius 1 is 1.00 bits per heavy atom. The summed E-state index contributed by atoms with van der Waals surface area (Å²) in [5, 5.41) is 7.75. The minimum atomic E-state index is -6.00. The topological polar surface area (TPSA) is 45.9 Å². The maximum absolute atomic E-state index is 9.75. The van der Waals surface area contributed by atoms with E-state index in [9.17, 15) is 17.3 Å². The fourth-order valence-corrected chi connectivity index (χ4v) is 0. The van der Waals surface area contributed by atoms with Crippen LogP contribution >= 0.6 is 0 Å². The molecule has 0 spiro atoms. The van der Waals surface area contributed by atoms with Crippen molar-refractivity contribution in [1.29, 1.82) is 0 Å². The minimum absolute atomic E-state index is 3.25. The zero-order valence-corrected chi connectivity index (χ0v) is 3.07. The largest absolute Gasteiger partial charge is 0.673 e. The van der Waals surface area contributed by atoms with Gasteiger partial charge in [-0.05, 0) is 0 Å². The van der Waals surface area contributed by atoms with Gasteiger partial charge >= 0.3 is 7.25 Å². The van der Waals surface area contributed by atoms with Gasteiger partial charge in [0.15, 0.2) is 0 Å². The Kier molecular flexibility index (Phi) is 5.46. The van der Waals surface area contributed by atoms with E-state index in [0.717, 1.165) is 0 Å². The maximum atomic E-state index is 9.75. The summed E-state index contributed by atoms with van der Waals surface area (Å²) in [5.41, 5.74) is 0. The molecule has 0 aromatic heterocycles. The molecule has 7 heavy (non-hydrogen) atoms. The minimum Gasteiger partial charge on any atom is -0.418 e. The third-order valence-electron chi connectivity index (χ3n) is 0. The summed E-state index contributed by atoms with van der Waals surface area (Å²) in [6, 6.07) is 0. The highest BCUT2D eigenvalue weighted by Gasteiger charge is 2.20. The molecule has 2 nitrogen and oxygen atoms in total. The average molecular weight is 119 g/mol. The number of hydrogen-bond donors (Lipinski definition) is 1. The SMILES string of the molecule is F[B-](F)(F)F.N[O]. The number of nitrogens with two attached hydrogens (primary N) is 1. The van der Waals surface area contributed by atoms with Crippen LogP contribution in [-0.2, 0) is 5.21 Å². The molecule has 0 aromatic rings. The summed E-state index contributed by atoms with van der Waals surface area (Å²) < 4.78 is 39.0. The van der Waals surface area contributed by atoms with Gasteiger partial charge in [-0.15, -0.1) is 5.21 Å². The molecule has 0 saturated carbocycles. The molecule has 0 fully saturated rings. The first-order valence-electron chi connectivity index (χ1n) is 1.11. The molecule has 7 heteroatoms. The van der Waals surface area contributed by atoms with E-state index in [2.05, 4.69) is 5.90 Å². The molecule has 2 N–H and O–H groups in total. The maximum Gasteiger partial charge on any atom is 0.673 e. The molecule has 0 saturated heterocycles. The summed E-state index contributed by atoms with van der Waals surface area (Å²) >= 11 is 0. The Hall–Kier alpha value is -0.295. The fourth-order valence-electron chi connectivity index (χ4n) is 0. The van der Waals surface area contributed by atoms with Crippen molar-refractivity contribution in [1.82, 2.24) is 0 Å². The van der Waals surface area contributed by atoms with Gasteiger partial charge in [0.25, 0.3) is 0 Å². The second-order valence-corrected chi connectivity index (χ2v) is 0.495. The third-order valence-corrected chi connectivity index (χ3v) is 0. The first-order chi connectivity index (χ1) is 3.00. The van der Waals surface area contributed by atoms with Gasteiger partial charge in [0.2, 0.25) is 0 Å². The molecule has 0 bridgehead atoms. The van der Waals surface area contributed by atoms with Gasteiger partial charge in [0.05, 0.1) is 0 Å². The molecule has 45 valence electrons. The Balaban J connectivity index is 0. The van der Waals surface area contributed by atoms with E-state index >= 15 is 0 Å². The summed E-state index contributed by atoms with van der Waals surface area (Å²) in [4.78, 5) is 0. The van der Waals surface area contributed by atoms with Crippen molar-refractivity contribution in [2.24, 2.45) is 5.90 Å². The van der Waals surface area contributed by atoms with Crippen molar-refractivity contribution in [3.8, 4) is 0 Å². The molecule has 0 aliphatic rings. The summed E-state index contributed by atoms with van der Waals surface area (Å²) in [6.07, 6.45) is 0. The molecule has 0 amide bonds. The van der Waals surface area contributed by atoms with E-state index in [1.54, 1.807) is 0 Å². The first kappa shape index (κ1) is 9.86. The van der Waals surface area contributed by atoms with Crippen LogP contribution in [0.4, 0.5) is 17.3 Å². The molecule has 0 unspecified atom stereocenters. The number of rotatable bonds is 0. The lowest BCUT2D eigenvalue weighted by molar-refractivity contribution is 0.201. The van der Waals surface area contributed by atoms with Gasteiger partial charge < -0.3 is 17.3 Å². The van der Waals surface area contributed by atoms with Gasteiger partial charge in [0, 0.05) is 0 Å². The van der Waals surface area contributed by atoms with Crippen molar-refractivity contribution in [2.75, 3.05) is 0 Å². The molecular weight excluding hydrogens is 117 g/mol. The molecule has 0 aromatic carbocycles. The third kappa shape index (κ3) is 899. The monoisotopic (exact) mass is 119 g/mol. The van der Waals surface area contributed by atoms with Gasteiger partial charge in [-0.25, -0.2) is 0 Å². The van der Waals surface area contributed by atoms with Crippen LogP contribution in [-0.4, -0.2) is 7.25 Å². The van der Waals surface area contributed by atoms with Crippen molar-refractivity contribution in [3.05, 3.63) is 0 Å². The molecular formula is H2BF4NO-. The quantitative estimate of drug-likeness (QED) is 0.283. The molecule has 0 atom stereocenters. The Bertz CT molecular complexity index is 27.2. The van der Waals surface area contributed by atoms with Crippen LogP contribution in [0.25, 0.3) is 0 Å². The second-order valence-electron chi connectivity index (χ2n) is 0.495. The smallest absolute Gasteiger partial charge is 0.418 e. The van der Waals surface area contributed by atoms with Gasteiger partial charge in [0.1, 0.15) is 0 Å². The van der Waals surface area contributed by atoms with E-state index in [1.807, 2.05) is 0 Å². The Morgan fingerprint density at radius 3 is 1.00 bits per heavy atom. The summed E-state index contributed by atoms with van der Waals surface area (Å²) in [5.74, 6) is 3.25. The van der Waals surface area contributed by atoms with Gasteiger partial charge in [-0.3, -0.25) is 0 Å². The van der Waals surface area contributed by atoms with Crippen LogP contribution in [0.5, 0.6) is 0 Å². The van der Waals surface area contributed by atoms with Gasteiger partial charge in [-0.2, -0.15) is 5.90 Å². The number of halogens is 4. The highest BCUT2D eigenvalue weighted by Crippen LogP contribution is 2.06. The van der Waals surface area contributed by atoms with Crippen LogP contribution in [0, 0.1) is 0 Å². The van der Waals surface area contributed by atoms with E-state index in [1.165, 1.54) is 0 Å². The van der Waals surface area contributed by atoms with Crippen LogP contribution in [0.2, 0.25) is 0 Å². The lowest BCUT2D eigenvalue weighted by Gasteiger charge is -1.94. The first-order valence-corrected chi connectivity index (χ1v) is 1.11. The van der Waals surface area contributed by atoms with Crippen molar-refractivity contribution < 1.29 is 22.5 Å². The van der Waals surface area contributed by atoms with E-state index in [0.29, 0.717) is 0 Å². The molecule has 0 heterocycles. The normalized spacial score (nSPS) is 9.43. The second kappa shape index (κ2) is 3.88. The average Bonchev–Trinajstić information content (AvgIpc) is 1.36. The lowest BCUT2D eigenvalue weighted by Crippen LogP contribution is -2.02. The van der Waals surface area contributed by atoms with Crippen LogP contribution in [0.3, 0.4) is 0 Å². The molecule has 0 rings (SSSR count). The van der Waals surface area contributed by atoms with E-state index in [-0.39, 0.29) is 0 Å². The Labute approximate surface area is 37.0 Å². The predicted octanol–water partition coefficient (Wildman–Crippen LogP) is 0.591. The fraction of sp³-hybridized carbons (Fsp3) is 0.